The number of carbonyl (C=O) groups is 1. The molecule has 0 bridgehead atoms. The van der Waals surface area contributed by atoms with Gasteiger partial charge in [0, 0.05) is 21.8 Å². The summed E-state index contributed by atoms with van der Waals surface area (Å²) in [6.45, 7) is 2.48. The Hall–Kier alpha value is -0.760. The van der Waals surface area contributed by atoms with Gasteiger partial charge in [-0.2, -0.15) is 0 Å². The van der Waals surface area contributed by atoms with Crippen LogP contribution in [0.1, 0.15) is 30.3 Å². The molecule has 2 aromatic rings. The minimum atomic E-state index is -0.313. The standard InChI is InChI=1S/C14H16BrN3OS2/c1-14(7-16,8-2-3-8)18-12(19)10-6-21-13(17-10)11-4-9(15)5-20-11/h4-6,8H,2-3,7,16H2,1H3,(H,18,19). The van der Waals surface area contributed by atoms with E-state index < -0.39 is 0 Å². The van der Waals surface area contributed by atoms with Crippen LogP contribution in [-0.4, -0.2) is 23.0 Å². The second-order valence-electron chi connectivity index (χ2n) is 5.52. The summed E-state index contributed by atoms with van der Waals surface area (Å²) in [5.41, 5.74) is 6.00. The fourth-order valence-corrected chi connectivity index (χ4v) is 4.59. The van der Waals surface area contributed by atoms with Crippen molar-refractivity contribution in [1.29, 1.82) is 0 Å². The van der Waals surface area contributed by atoms with Crippen LogP contribution in [-0.2, 0) is 0 Å². The number of nitrogens with zero attached hydrogens (tertiary/aromatic N) is 1. The lowest BCUT2D eigenvalue weighted by atomic mass is 9.96. The van der Waals surface area contributed by atoms with Gasteiger partial charge in [0.15, 0.2) is 0 Å². The first-order chi connectivity index (χ1) is 10.0. The Morgan fingerprint density at radius 2 is 2.29 bits per heavy atom. The van der Waals surface area contributed by atoms with Crippen molar-refractivity contribution in [3.05, 3.63) is 27.0 Å². The van der Waals surface area contributed by atoms with E-state index in [9.17, 15) is 4.79 Å². The van der Waals surface area contributed by atoms with Crippen molar-refractivity contribution < 1.29 is 4.79 Å². The van der Waals surface area contributed by atoms with Crippen molar-refractivity contribution in [1.82, 2.24) is 10.3 Å². The van der Waals surface area contributed by atoms with Gasteiger partial charge in [-0.15, -0.1) is 22.7 Å². The Morgan fingerprint density at radius 3 is 2.86 bits per heavy atom. The summed E-state index contributed by atoms with van der Waals surface area (Å²) in [4.78, 5) is 17.9. The highest BCUT2D eigenvalue weighted by Crippen LogP contribution is 2.39. The average Bonchev–Trinajstić information content (AvgIpc) is 3.05. The number of carbonyl (C=O) groups excluding carboxylic acids is 1. The molecule has 1 unspecified atom stereocenters. The second kappa shape index (κ2) is 5.79. The van der Waals surface area contributed by atoms with Crippen LogP contribution in [0.5, 0.6) is 0 Å². The number of hydrogen-bond acceptors (Lipinski definition) is 5. The van der Waals surface area contributed by atoms with Gasteiger partial charge in [-0.25, -0.2) is 4.98 Å². The number of aromatic nitrogens is 1. The predicted molar refractivity (Wildman–Crippen MR) is 90.8 cm³/mol. The fraction of sp³-hybridized carbons (Fsp3) is 0.429. The quantitative estimate of drug-likeness (QED) is 0.827. The Morgan fingerprint density at radius 1 is 1.52 bits per heavy atom. The summed E-state index contributed by atoms with van der Waals surface area (Å²) in [7, 11) is 0. The Labute approximate surface area is 139 Å². The molecule has 7 heteroatoms. The lowest BCUT2D eigenvalue weighted by molar-refractivity contribution is 0.0893. The van der Waals surface area contributed by atoms with Crippen molar-refractivity contribution in [2.24, 2.45) is 11.7 Å². The molecule has 3 rings (SSSR count). The SMILES string of the molecule is CC(CN)(NC(=O)c1csc(-c2cc(Br)cs2)n1)C1CC1. The Balaban J connectivity index is 1.75. The smallest absolute Gasteiger partial charge is 0.271 e. The zero-order valence-electron chi connectivity index (χ0n) is 11.6. The third kappa shape index (κ3) is 3.21. The monoisotopic (exact) mass is 385 g/mol. The van der Waals surface area contributed by atoms with E-state index >= 15 is 0 Å². The first-order valence-corrected chi connectivity index (χ1v) is 9.29. The molecule has 3 N–H and O–H groups in total. The summed E-state index contributed by atoms with van der Waals surface area (Å²) >= 11 is 6.53. The zero-order chi connectivity index (χ0) is 15.0. The highest BCUT2D eigenvalue weighted by molar-refractivity contribution is 9.10. The molecule has 0 spiro atoms. The van der Waals surface area contributed by atoms with Crippen molar-refractivity contribution in [2.75, 3.05) is 6.54 Å². The number of thiophene rings is 1. The molecule has 1 atom stereocenters. The lowest BCUT2D eigenvalue weighted by Crippen LogP contribution is -2.53. The molecule has 1 aliphatic carbocycles. The molecule has 1 amide bonds. The summed E-state index contributed by atoms with van der Waals surface area (Å²) < 4.78 is 1.04. The molecule has 0 aromatic carbocycles. The maximum Gasteiger partial charge on any atom is 0.271 e. The van der Waals surface area contributed by atoms with Gasteiger partial charge in [0.1, 0.15) is 10.7 Å². The van der Waals surface area contributed by atoms with Crippen LogP contribution in [0.4, 0.5) is 0 Å². The van der Waals surface area contributed by atoms with Gasteiger partial charge in [0.2, 0.25) is 0 Å². The molecule has 21 heavy (non-hydrogen) atoms. The van der Waals surface area contributed by atoms with Gasteiger partial charge in [0.25, 0.3) is 5.91 Å². The number of thiazole rings is 1. The molecule has 1 fully saturated rings. The van der Waals surface area contributed by atoms with E-state index in [2.05, 4.69) is 26.2 Å². The third-order valence-electron chi connectivity index (χ3n) is 3.82. The lowest BCUT2D eigenvalue weighted by Gasteiger charge is -2.29. The van der Waals surface area contributed by atoms with Crippen molar-refractivity contribution in [2.45, 2.75) is 25.3 Å². The molecule has 1 aliphatic rings. The summed E-state index contributed by atoms with van der Waals surface area (Å²) in [5.74, 6) is 0.366. The molecule has 0 saturated heterocycles. The van der Waals surface area contributed by atoms with E-state index in [1.807, 2.05) is 23.8 Å². The van der Waals surface area contributed by atoms with E-state index in [0.717, 1.165) is 27.2 Å². The summed E-state index contributed by atoms with van der Waals surface area (Å²) in [6, 6.07) is 2.01. The second-order valence-corrected chi connectivity index (χ2v) is 8.20. The molecule has 0 aliphatic heterocycles. The minimum absolute atomic E-state index is 0.132. The van der Waals surface area contributed by atoms with Gasteiger partial charge in [-0.3, -0.25) is 4.79 Å². The third-order valence-corrected chi connectivity index (χ3v) is 6.52. The van der Waals surface area contributed by atoms with Gasteiger partial charge in [0.05, 0.1) is 10.4 Å². The normalized spacial score (nSPS) is 17.5. The van der Waals surface area contributed by atoms with Crippen LogP contribution in [0.15, 0.2) is 21.3 Å². The molecule has 4 nitrogen and oxygen atoms in total. The van der Waals surface area contributed by atoms with E-state index in [1.54, 1.807) is 11.3 Å². The highest BCUT2D eigenvalue weighted by atomic mass is 79.9. The summed E-state index contributed by atoms with van der Waals surface area (Å²) in [6.07, 6.45) is 2.28. The van der Waals surface area contributed by atoms with Crippen molar-refractivity contribution in [3.8, 4) is 9.88 Å². The van der Waals surface area contributed by atoms with E-state index in [4.69, 9.17) is 5.73 Å². The van der Waals surface area contributed by atoms with Crippen LogP contribution < -0.4 is 11.1 Å². The number of amides is 1. The number of halogens is 1. The highest BCUT2D eigenvalue weighted by Gasteiger charge is 2.41. The van der Waals surface area contributed by atoms with E-state index in [0.29, 0.717) is 18.2 Å². The molecule has 112 valence electrons. The fourth-order valence-electron chi connectivity index (χ4n) is 2.28. The molecule has 2 heterocycles. The Kier molecular flexibility index (Phi) is 4.18. The molecular weight excluding hydrogens is 370 g/mol. The van der Waals surface area contributed by atoms with Crippen LogP contribution in [0.3, 0.4) is 0 Å². The van der Waals surface area contributed by atoms with Gasteiger partial charge in [-0.1, -0.05) is 0 Å². The zero-order valence-corrected chi connectivity index (χ0v) is 14.8. The van der Waals surface area contributed by atoms with Crippen molar-refractivity contribution in [3.63, 3.8) is 0 Å². The van der Waals surface area contributed by atoms with Crippen LogP contribution in [0.2, 0.25) is 0 Å². The average molecular weight is 386 g/mol. The first-order valence-electron chi connectivity index (χ1n) is 6.74. The number of nitrogens with two attached hydrogens (primary N) is 1. The molecule has 2 aromatic heterocycles. The van der Waals surface area contributed by atoms with Crippen LogP contribution in [0, 0.1) is 5.92 Å². The maximum absolute atomic E-state index is 12.4. The largest absolute Gasteiger partial charge is 0.344 e. The molecule has 0 radical (unpaired) electrons. The Bertz CT molecular complexity index is 665. The van der Waals surface area contributed by atoms with E-state index in [1.165, 1.54) is 11.3 Å². The number of hydrogen-bond donors (Lipinski definition) is 2. The van der Waals surface area contributed by atoms with Crippen molar-refractivity contribution >= 4 is 44.5 Å². The summed E-state index contributed by atoms with van der Waals surface area (Å²) in [5, 5.41) is 7.75. The van der Waals surface area contributed by atoms with E-state index in [-0.39, 0.29) is 11.4 Å². The van der Waals surface area contributed by atoms with Gasteiger partial charge < -0.3 is 11.1 Å². The maximum atomic E-state index is 12.4. The molecule has 1 saturated carbocycles. The topological polar surface area (TPSA) is 68.0 Å². The van der Waals surface area contributed by atoms with Crippen LogP contribution >= 0.6 is 38.6 Å². The predicted octanol–water partition coefficient (Wildman–Crippen LogP) is 3.49. The van der Waals surface area contributed by atoms with Crippen LogP contribution in [0.25, 0.3) is 9.88 Å². The molecular formula is C14H16BrN3OS2. The minimum Gasteiger partial charge on any atom is -0.344 e. The first kappa shape index (κ1) is 15.1. The number of nitrogens with one attached hydrogen (secondary N) is 1. The van der Waals surface area contributed by atoms with Gasteiger partial charge >= 0.3 is 0 Å². The number of rotatable bonds is 5. The van der Waals surface area contributed by atoms with Gasteiger partial charge in [-0.05, 0) is 47.7 Å².